The number of likely N-dealkylation sites (tertiary alicyclic amines) is 2. The minimum absolute atomic E-state index is 0.0328. The van der Waals surface area contributed by atoms with Crippen molar-refractivity contribution in [2.75, 3.05) is 61.4 Å². The number of piperazine rings is 1. The zero-order valence-corrected chi connectivity index (χ0v) is 45.1. The van der Waals surface area contributed by atoms with Crippen LogP contribution in [0.1, 0.15) is 94.7 Å². The van der Waals surface area contributed by atoms with Crippen LogP contribution in [0.15, 0.2) is 89.0 Å². The van der Waals surface area contributed by atoms with Gasteiger partial charge in [-0.15, -0.1) is 21.5 Å². The summed E-state index contributed by atoms with van der Waals surface area (Å²) >= 11 is 1.46. The fourth-order valence-electron chi connectivity index (χ4n) is 12.0. The highest BCUT2D eigenvalue weighted by Gasteiger charge is 2.45. The smallest absolute Gasteiger partial charge is 0.254 e. The first-order chi connectivity index (χ1) is 37.8. The molecule has 11 rings (SSSR count). The number of nitrogen functional groups attached to an aromatic ring is 1. The summed E-state index contributed by atoms with van der Waals surface area (Å²) in [5, 5.41) is 46.6. The Hall–Kier alpha value is -6.91. The summed E-state index contributed by atoms with van der Waals surface area (Å²) in [6, 6.07) is 21.9. The van der Waals surface area contributed by atoms with Crippen LogP contribution in [-0.4, -0.2) is 151 Å². The number of amides is 2. The lowest BCUT2D eigenvalue weighted by molar-refractivity contribution is -0.141. The number of nitrogens with zero attached hydrogens (tertiary/aromatic N) is 9. The summed E-state index contributed by atoms with van der Waals surface area (Å²) in [6.45, 7) is 10.0. The molecule has 2 aromatic carbocycles. The number of rotatable bonds is 19. The molecule has 6 atom stereocenters. The van der Waals surface area contributed by atoms with E-state index < -0.39 is 18.1 Å². The van der Waals surface area contributed by atoms with Crippen LogP contribution in [0.3, 0.4) is 0 Å². The van der Waals surface area contributed by atoms with Gasteiger partial charge in [0.25, 0.3) is 5.88 Å². The number of phenolic OH excluding ortho intramolecular Hbond substituents is 1. The Bertz CT molecular complexity index is 3020. The van der Waals surface area contributed by atoms with Crippen LogP contribution in [-0.2, 0) is 20.9 Å². The van der Waals surface area contributed by atoms with Crippen molar-refractivity contribution in [3.05, 3.63) is 102 Å². The number of phenols is 1. The SMILES string of the molecule is CC(C)[C@@H](C(=O)N1C[C@H](O)C[C@H]1C(=O)N[C@@H](C)c1ccc(-c2scnc2CO)cc1)c1cc(OCCN2CCC(O[C@H]3C[C@H](Oc4cc(N5C6CCC5CN(c5cc(-c7ccccc7O)nnc5N)C6)ccn4)C3)CC2)no1. The number of hydrogen-bond donors (Lipinski definition) is 5. The number of carbonyl (C=O) groups is 2. The number of pyridine rings is 1. The third-order valence-corrected chi connectivity index (χ3v) is 17.1. The standard InChI is InChI=1S/C57H69N11O9S/c1-33(2)53(57(73)67-30-40(70)23-48(67)56(72)61-34(3)35-8-10-36(11-9-35)54-46(31-69)60-32-78-54)50-27-52(64-77-50)74-21-20-65-18-15-41(16-19-65)75-42-24-43(25-42)76-51-22-37(14-17-59-51)68-38-12-13-39(68)29-66(28-38)47-26-45(62-63-55(47)58)44-6-4-5-7-49(44)71/h4-11,14,17,22,26-27,32-34,38-43,48,53,69-71H,12-13,15-16,18-21,23-25,28-31H2,1-3H3,(H2,58,63)(H,61,72)/t34-,38?,39?,40+,42-,43-,48-,53+/m0/s1. The van der Waals surface area contributed by atoms with Gasteiger partial charge in [-0.3, -0.25) is 14.5 Å². The van der Waals surface area contributed by atoms with E-state index in [9.17, 15) is 24.9 Å². The molecule has 20 nitrogen and oxygen atoms in total. The number of anilines is 3. The van der Waals surface area contributed by atoms with Crippen LogP contribution in [0.2, 0.25) is 0 Å². The number of ether oxygens (including phenoxy) is 3. The van der Waals surface area contributed by atoms with Crippen molar-refractivity contribution in [1.82, 2.24) is 40.4 Å². The minimum Gasteiger partial charge on any atom is -0.507 e. The fourth-order valence-corrected chi connectivity index (χ4v) is 12.8. The summed E-state index contributed by atoms with van der Waals surface area (Å²) in [5.74, 6) is 0.219. The van der Waals surface area contributed by atoms with Gasteiger partial charge in [-0.25, -0.2) is 9.97 Å². The van der Waals surface area contributed by atoms with Gasteiger partial charge in [-0.05, 0) is 79.1 Å². The lowest BCUT2D eigenvalue weighted by atomic mass is 9.91. The van der Waals surface area contributed by atoms with E-state index in [1.165, 1.54) is 16.2 Å². The van der Waals surface area contributed by atoms with Crippen molar-refractivity contribution in [3.8, 4) is 39.2 Å². The Labute approximate surface area is 457 Å². The average Bonchev–Trinajstić information content (AvgIpc) is 4.36. The van der Waals surface area contributed by atoms with E-state index in [2.05, 4.69) is 57.5 Å². The van der Waals surface area contributed by atoms with E-state index in [-0.39, 0.29) is 79.5 Å². The van der Waals surface area contributed by atoms with Crippen molar-refractivity contribution < 1.29 is 43.6 Å². The first kappa shape index (κ1) is 53.1. The third kappa shape index (κ3) is 11.5. The van der Waals surface area contributed by atoms with Crippen LogP contribution in [0.4, 0.5) is 17.2 Å². The number of thiazole rings is 1. The van der Waals surface area contributed by atoms with Crippen LogP contribution in [0, 0.1) is 5.92 Å². The molecule has 5 fully saturated rings. The number of piperidine rings is 1. The van der Waals surface area contributed by atoms with Gasteiger partial charge in [0.1, 0.15) is 30.4 Å². The maximum Gasteiger partial charge on any atom is 0.254 e. The van der Waals surface area contributed by atoms with Crippen LogP contribution < -0.4 is 30.3 Å². The number of aliphatic hydroxyl groups excluding tert-OH is 2. The van der Waals surface area contributed by atoms with E-state index in [1.807, 2.05) is 69.4 Å². The number of hydrogen-bond acceptors (Lipinski definition) is 19. The van der Waals surface area contributed by atoms with E-state index in [0.717, 1.165) is 92.1 Å². The number of carbonyl (C=O) groups excluding carboxylic acids is 2. The number of para-hydroxylation sites is 1. The maximum absolute atomic E-state index is 14.3. The molecule has 4 aromatic heterocycles. The zero-order chi connectivity index (χ0) is 54.0. The van der Waals surface area contributed by atoms with E-state index in [1.54, 1.807) is 23.7 Å². The molecule has 6 N–H and O–H groups in total. The second-order valence-corrected chi connectivity index (χ2v) is 22.6. The van der Waals surface area contributed by atoms with E-state index >= 15 is 0 Å². The van der Waals surface area contributed by atoms with Crippen molar-refractivity contribution >= 4 is 40.3 Å². The second-order valence-electron chi connectivity index (χ2n) is 21.7. The molecule has 78 heavy (non-hydrogen) atoms. The molecule has 2 unspecified atom stereocenters. The number of β-amino-alcohol motifs (C(OH)–C–C–N with tert-alkyl or cyclic N) is 1. The molecule has 5 aliphatic rings. The molecule has 4 saturated heterocycles. The topological polar surface area (TPSA) is 251 Å². The number of nitrogens with one attached hydrogen (secondary N) is 1. The van der Waals surface area contributed by atoms with Gasteiger partial charge in [0.05, 0.1) is 58.4 Å². The van der Waals surface area contributed by atoms with Gasteiger partial charge in [-0.1, -0.05) is 50.2 Å². The summed E-state index contributed by atoms with van der Waals surface area (Å²) in [5.41, 5.74) is 13.7. The van der Waals surface area contributed by atoms with Gasteiger partial charge >= 0.3 is 0 Å². The number of benzene rings is 2. The molecule has 0 radical (unpaired) electrons. The van der Waals surface area contributed by atoms with Crippen molar-refractivity contribution in [3.63, 3.8) is 0 Å². The van der Waals surface area contributed by atoms with Crippen LogP contribution in [0.25, 0.3) is 21.7 Å². The van der Waals surface area contributed by atoms with Gasteiger partial charge in [-0.2, -0.15) is 0 Å². The average molecular weight is 1080 g/mol. The largest absolute Gasteiger partial charge is 0.507 e. The quantitative estimate of drug-likeness (QED) is 0.0594. The number of aromatic hydroxyl groups is 1. The molecule has 21 heteroatoms. The number of nitrogens with two attached hydrogens (primary N) is 1. The monoisotopic (exact) mass is 1080 g/mol. The molecule has 2 amide bonds. The van der Waals surface area contributed by atoms with Crippen molar-refractivity contribution in [2.45, 2.75) is 127 Å². The molecular weight excluding hydrogens is 1010 g/mol. The Morgan fingerprint density at radius 1 is 0.885 bits per heavy atom. The molecule has 2 bridgehead atoms. The Balaban J connectivity index is 0.601. The Kier molecular flexibility index (Phi) is 15.8. The minimum atomic E-state index is -0.858. The van der Waals surface area contributed by atoms with E-state index in [4.69, 9.17) is 24.5 Å². The summed E-state index contributed by atoms with van der Waals surface area (Å²) in [7, 11) is 0. The normalized spacial score (nSPS) is 23.3. The van der Waals surface area contributed by atoms with E-state index in [0.29, 0.717) is 53.4 Å². The number of aliphatic hydroxyl groups is 2. The van der Waals surface area contributed by atoms with Gasteiger partial charge in [0.15, 0.2) is 11.6 Å². The highest BCUT2D eigenvalue weighted by atomic mass is 32.1. The molecule has 4 aliphatic heterocycles. The van der Waals surface area contributed by atoms with Gasteiger partial charge < -0.3 is 59.8 Å². The molecule has 8 heterocycles. The van der Waals surface area contributed by atoms with Crippen molar-refractivity contribution in [2.24, 2.45) is 5.92 Å². The molecule has 1 aliphatic carbocycles. The predicted octanol–water partition coefficient (Wildman–Crippen LogP) is 6.34. The van der Waals surface area contributed by atoms with Crippen LogP contribution in [0.5, 0.6) is 17.5 Å². The lowest BCUT2D eigenvalue weighted by Gasteiger charge is -2.43. The molecular formula is C57H69N11O9S. The second kappa shape index (κ2) is 23.2. The maximum atomic E-state index is 14.3. The third-order valence-electron chi connectivity index (χ3n) is 16.2. The molecule has 1 saturated carbocycles. The molecule has 0 spiro atoms. The number of fused-ring (bicyclic) bond motifs is 2. The number of aromatic nitrogens is 5. The Morgan fingerprint density at radius 3 is 2.40 bits per heavy atom. The first-order valence-electron chi connectivity index (χ1n) is 27.3. The highest BCUT2D eigenvalue weighted by molar-refractivity contribution is 7.13. The predicted molar refractivity (Wildman–Crippen MR) is 293 cm³/mol. The summed E-state index contributed by atoms with van der Waals surface area (Å²) in [6.07, 6.45) is 7.13. The summed E-state index contributed by atoms with van der Waals surface area (Å²) in [4.78, 5) is 46.4. The van der Waals surface area contributed by atoms with Crippen LogP contribution >= 0.6 is 11.3 Å². The fraction of sp³-hybridized carbons (Fsp3) is 0.491. The molecule has 6 aromatic rings. The van der Waals surface area contributed by atoms with Gasteiger partial charge in [0.2, 0.25) is 17.7 Å². The highest BCUT2D eigenvalue weighted by Crippen LogP contribution is 2.41. The van der Waals surface area contributed by atoms with Crippen molar-refractivity contribution in [1.29, 1.82) is 0 Å². The van der Waals surface area contributed by atoms with Gasteiger partial charge in [0, 0.05) is 100 Å². The zero-order valence-electron chi connectivity index (χ0n) is 44.3. The Morgan fingerprint density at radius 2 is 1.65 bits per heavy atom. The first-order valence-corrected chi connectivity index (χ1v) is 28.2. The molecule has 412 valence electrons. The lowest BCUT2D eigenvalue weighted by Crippen LogP contribution is -2.54. The summed E-state index contributed by atoms with van der Waals surface area (Å²) < 4.78 is 24.7.